The number of hydrogen-bond donors (Lipinski definition) is 1. The molecule has 0 atom stereocenters. The summed E-state index contributed by atoms with van der Waals surface area (Å²) in [6, 6.07) is 2.95. The summed E-state index contributed by atoms with van der Waals surface area (Å²) in [7, 11) is -3.35. The molecule has 0 spiro atoms. The molecule has 1 heterocycles. The van der Waals surface area contributed by atoms with E-state index < -0.39 is 22.4 Å². The largest absolute Gasteiger partial charge is 0.480 e. The van der Waals surface area contributed by atoms with E-state index in [1.54, 1.807) is 0 Å². The minimum absolute atomic E-state index is 0.142. The average Bonchev–Trinajstić information content (AvgIpc) is 2.55. The van der Waals surface area contributed by atoms with Crippen molar-refractivity contribution in [2.75, 3.05) is 6.26 Å². The zero-order valence-corrected chi connectivity index (χ0v) is 12.6. The number of halogens is 2. The molecular formula is C11H10Cl2N2O4S. The second-order valence-corrected chi connectivity index (χ2v) is 7.29. The molecule has 0 bridgehead atoms. The predicted molar refractivity (Wildman–Crippen MR) is 75.9 cm³/mol. The van der Waals surface area contributed by atoms with E-state index in [0.717, 1.165) is 6.26 Å². The number of imidazole rings is 1. The van der Waals surface area contributed by atoms with Gasteiger partial charge in [-0.2, -0.15) is 0 Å². The summed E-state index contributed by atoms with van der Waals surface area (Å²) in [5.41, 5.74) is 0.833. The molecule has 9 heteroatoms. The van der Waals surface area contributed by atoms with Crippen molar-refractivity contribution in [1.29, 1.82) is 0 Å². The molecular weight excluding hydrogens is 327 g/mol. The summed E-state index contributed by atoms with van der Waals surface area (Å²) in [5.74, 6) is -1.32. The van der Waals surface area contributed by atoms with Crippen molar-refractivity contribution < 1.29 is 18.3 Å². The van der Waals surface area contributed by atoms with E-state index in [0.29, 0.717) is 11.0 Å². The molecule has 0 radical (unpaired) electrons. The Balaban J connectivity index is 2.69. The molecule has 1 N–H and O–H groups in total. The molecule has 0 aliphatic rings. The molecule has 2 rings (SSSR count). The molecule has 20 heavy (non-hydrogen) atoms. The Bertz CT molecular complexity index is 798. The quantitative estimate of drug-likeness (QED) is 0.921. The second-order valence-electron chi connectivity index (χ2n) is 4.33. The van der Waals surface area contributed by atoms with Crippen molar-refractivity contribution in [3.8, 4) is 0 Å². The summed E-state index contributed by atoms with van der Waals surface area (Å²) >= 11 is 11.8. The lowest BCUT2D eigenvalue weighted by Gasteiger charge is -2.05. The van der Waals surface area contributed by atoms with Crippen LogP contribution in [-0.2, 0) is 26.9 Å². The van der Waals surface area contributed by atoms with E-state index in [1.807, 2.05) is 0 Å². The first kappa shape index (κ1) is 15.1. The van der Waals surface area contributed by atoms with Crippen molar-refractivity contribution in [3.63, 3.8) is 0 Å². The van der Waals surface area contributed by atoms with Crippen molar-refractivity contribution in [2.45, 2.75) is 12.3 Å². The van der Waals surface area contributed by atoms with Crippen LogP contribution >= 0.6 is 23.2 Å². The Morgan fingerprint density at radius 1 is 1.35 bits per heavy atom. The molecule has 1 aromatic heterocycles. The first-order valence-corrected chi connectivity index (χ1v) is 8.22. The van der Waals surface area contributed by atoms with Crippen molar-refractivity contribution in [1.82, 2.24) is 9.55 Å². The normalized spacial score (nSPS) is 11.9. The highest BCUT2D eigenvalue weighted by Crippen LogP contribution is 2.28. The highest BCUT2D eigenvalue weighted by molar-refractivity contribution is 7.89. The Labute approximate surface area is 124 Å². The van der Waals surface area contributed by atoms with Crippen molar-refractivity contribution in [3.05, 3.63) is 28.0 Å². The number of aliphatic carboxylic acids is 1. The lowest BCUT2D eigenvalue weighted by atomic mass is 10.3. The third kappa shape index (κ3) is 3.23. The minimum Gasteiger partial charge on any atom is -0.480 e. The summed E-state index contributed by atoms with van der Waals surface area (Å²) in [6.07, 6.45) is 1.05. The molecule has 108 valence electrons. The lowest BCUT2D eigenvalue weighted by molar-refractivity contribution is -0.137. The van der Waals surface area contributed by atoms with Crippen LogP contribution in [0.25, 0.3) is 11.0 Å². The van der Waals surface area contributed by atoms with Gasteiger partial charge in [0.2, 0.25) is 0 Å². The zero-order chi connectivity index (χ0) is 15.1. The van der Waals surface area contributed by atoms with Gasteiger partial charge in [-0.3, -0.25) is 4.79 Å². The van der Waals surface area contributed by atoms with Gasteiger partial charge >= 0.3 is 5.97 Å². The maximum absolute atomic E-state index is 11.4. The van der Waals surface area contributed by atoms with E-state index in [4.69, 9.17) is 28.3 Å². The molecule has 0 amide bonds. The Morgan fingerprint density at radius 2 is 1.95 bits per heavy atom. The van der Waals surface area contributed by atoms with Gasteiger partial charge in [-0.15, -0.1) is 0 Å². The number of fused-ring (bicyclic) bond motifs is 1. The van der Waals surface area contributed by atoms with Crippen LogP contribution in [0, 0.1) is 0 Å². The fraction of sp³-hybridized carbons (Fsp3) is 0.273. The number of rotatable bonds is 4. The number of carboxylic acid groups (broad SMARTS) is 1. The molecule has 6 nitrogen and oxygen atoms in total. The topological polar surface area (TPSA) is 89.3 Å². The molecule has 0 fully saturated rings. The van der Waals surface area contributed by atoms with Gasteiger partial charge in [-0.1, -0.05) is 23.2 Å². The maximum atomic E-state index is 11.4. The van der Waals surface area contributed by atoms with Gasteiger partial charge < -0.3 is 9.67 Å². The van der Waals surface area contributed by atoms with Gasteiger partial charge in [0.1, 0.15) is 18.1 Å². The van der Waals surface area contributed by atoms with E-state index in [1.165, 1.54) is 16.7 Å². The Hall–Kier alpha value is -1.31. The minimum atomic E-state index is -3.35. The van der Waals surface area contributed by atoms with Crippen molar-refractivity contribution in [2.24, 2.45) is 0 Å². The summed E-state index contributed by atoms with van der Waals surface area (Å²) < 4.78 is 24.1. The molecule has 0 aliphatic heterocycles. The highest BCUT2D eigenvalue weighted by Gasteiger charge is 2.18. The summed E-state index contributed by atoms with van der Waals surface area (Å²) in [5, 5.41) is 9.45. The van der Waals surface area contributed by atoms with Crippen LogP contribution in [0.3, 0.4) is 0 Å². The number of nitrogens with zero attached hydrogens (tertiary/aromatic N) is 2. The van der Waals surface area contributed by atoms with Gasteiger partial charge in [-0.05, 0) is 12.1 Å². The average molecular weight is 337 g/mol. The van der Waals surface area contributed by atoms with E-state index >= 15 is 0 Å². The molecule has 0 saturated carbocycles. The Kier molecular flexibility index (Phi) is 3.95. The number of hydrogen-bond acceptors (Lipinski definition) is 4. The first-order chi connectivity index (χ1) is 9.17. The van der Waals surface area contributed by atoms with E-state index in [9.17, 15) is 13.2 Å². The fourth-order valence-corrected chi connectivity index (χ4v) is 2.83. The van der Waals surface area contributed by atoms with Gasteiger partial charge in [0, 0.05) is 6.26 Å². The van der Waals surface area contributed by atoms with Gasteiger partial charge in [-0.25, -0.2) is 13.4 Å². The maximum Gasteiger partial charge on any atom is 0.323 e. The second kappa shape index (κ2) is 5.23. The first-order valence-electron chi connectivity index (χ1n) is 5.41. The number of carboxylic acids is 1. The third-order valence-corrected chi connectivity index (χ3v) is 4.06. The zero-order valence-electron chi connectivity index (χ0n) is 10.3. The Morgan fingerprint density at radius 3 is 2.50 bits per heavy atom. The lowest BCUT2D eigenvalue weighted by Crippen LogP contribution is -2.14. The SMILES string of the molecule is CS(=O)(=O)Cc1nc2cc(Cl)c(Cl)cc2n1CC(=O)O. The molecule has 0 aliphatic carbocycles. The van der Waals surface area contributed by atoms with Gasteiger partial charge in [0.15, 0.2) is 9.84 Å². The van der Waals surface area contributed by atoms with Crippen LogP contribution < -0.4 is 0 Å². The predicted octanol–water partition coefficient (Wildman–Crippen LogP) is 1.97. The molecule has 1 aromatic carbocycles. The van der Waals surface area contributed by atoms with Gasteiger partial charge in [0.05, 0.1) is 21.1 Å². The fourth-order valence-electron chi connectivity index (χ4n) is 1.83. The van der Waals surface area contributed by atoms with E-state index in [-0.39, 0.29) is 21.6 Å². The van der Waals surface area contributed by atoms with Crippen molar-refractivity contribution >= 4 is 50.0 Å². The smallest absolute Gasteiger partial charge is 0.323 e. The monoisotopic (exact) mass is 336 g/mol. The number of benzene rings is 1. The standard InChI is InChI=1S/C11H10Cl2N2O4S/c1-20(18,19)5-10-14-8-2-6(12)7(13)3-9(8)15(10)4-11(16)17/h2-3H,4-5H2,1H3,(H,16,17). The van der Waals surface area contributed by atoms with Crippen LogP contribution in [0.2, 0.25) is 10.0 Å². The van der Waals surface area contributed by atoms with Gasteiger partial charge in [0.25, 0.3) is 0 Å². The molecule has 2 aromatic rings. The third-order valence-electron chi connectivity index (χ3n) is 2.55. The molecule has 0 unspecified atom stereocenters. The molecule has 0 saturated heterocycles. The number of sulfone groups is 1. The van der Waals surface area contributed by atoms with Crippen LogP contribution in [0.4, 0.5) is 0 Å². The highest BCUT2D eigenvalue weighted by atomic mass is 35.5. The van der Waals surface area contributed by atoms with E-state index in [2.05, 4.69) is 4.98 Å². The number of carbonyl (C=O) groups is 1. The van der Waals surface area contributed by atoms with Crippen LogP contribution in [0.5, 0.6) is 0 Å². The number of aromatic nitrogens is 2. The summed E-state index contributed by atoms with van der Waals surface area (Å²) in [6.45, 7) is -0.403. The van der Waals surface area contributed by atoms with Crippen LogP contribution in [0.15, 0.2) is 12.1 Å². The van der Waals surface area contributed by atoms with Crippen LogP contribution in [-0.4, -0.2) is 35.3 Å². The van der Waals surface area contributed by atoms with Crippen LogP contribution in [0.1, 0.15) is 5.82 Å². The summed E-state index contributed by atoms with van der Waals surface area (Å²) in [4.78, 5) is 15.1.